The second-order valence-electron chi connectivity index (χ2n) is 9.72. The molecule has 0 N–H and O–H groups in total. The molecule has 0 saturated heterocycles. The van der Waals surface area contributed by atoms with Gasteiger partial charge in [-0.3, -0.25) is 0 Å². The number of hydrogen-bond donors (Lipinski definition) is 0. The van der Waals surface area contributed by atoms with Gasteiger partial charge >= 0.3 is 0 Å². The zero-order valence-corrected chi connectivity index (χ0v) is 20.6. The molecule has 4 nitrogen and oxygen atoms in total. The van der Waals surface area contributed by atoms with Gasteiger partial charge in [0.25, 0.3) is 0 Å². The molecule has 32 heavy (non-hydrogen) atoms. The third-order valence-corrected chi connectivity index (χ3v) is 7.87. The van der Waals surface area contributed by atoms with Crippen molar-refractivity contribution in [1.29, 1.82) is 5.26 Å². The lowest BCUT2D eigenvalue weighted by atomic mass is 9.72. The normalized spacial score (nSPS) is 16.2. The molecule has 1 aliphatic rings. The number of thiophene rings is 1. The minimum Gasteiger partial charge on any atom is -0.497 e. The molecule has 1 aromatic carbocycles. The van der Waals surface area contributed by atoms with Crippen LogP contribution in [0.2, 0.25) is 0 Å². The highest BCUT2D eigenvalue weighted by atomic mass is 32.1. The average molecular weight is 446 g/mol. The van der Waals surface area contributed by atoms with Crippen molar-refractivity contribution in [2.24, 2.45) is 16.3 Å². The maximum absolute atomic E-state index is 9.85. The zero-order valence-electron chi connectivity index (χ0n) is 19.8. The maximum Gasteiger partial charge on any atom is 0.134 e. The molecule has 0 unspecified atom stereocenters. The fraction of sp³-hybridized carbons (Fsp3) is 0.407. The van der Waals surface area contributed by atoms with Gasteiger partial charge < -0.3 is 9.30 Å². The summed E-state index contributed by atoms with van der Waals surface area (Å²) in [5.41, 5.74) is 6.74. The van der Waals surface area contributed by atoms with Crippen LogP contribution >= 0.6 is 11.3 Å². The summed E-state index contributed by atoms with van der Waals surface area (Å²) in [7, 11) is 1.68. The quantitative estimate of drug-likeness (QED) is 0.409. The fourth-order valence-corrected chi connectivity index (χ4v) is 5.91. The van der Waals surface area contributed by atoms with Gasteiger partial charge in [-0.15, -0.1) is 11.3 Å². The van der Waals surface area contributed by atoms with Crippen LogP contribution in [0, 0.1) is 36.5 Å². The van der Waals surface area contributed by atoms with Gasteiger partial charge in [0.1, 0.15) is 16.8 Å². The first kappa shape index (κ1) is 22.4. The Labute approximate surface area is 195 Å². The number of fused-ring (bicyclic) bond motifs is 1. The van der Waals surface area contributed by atoms with Crippen molar-refractivity contribution >= 4 is 22.6 Å². The molecular formula is C27H31N3OS. The number of nitriles is 1. The van der Waals surface area contributed by atoms with E-state index in [1.807, 2.05) is 18.3 Å². The third kappa shape index (κ3) is 4.12. The number of aliphatic imine (C=N–C) groups is 1. The molecule has 2 aromatic heterocycles. The molecule has 4 rings (SSSR count). The summed E-state index contributed by atoms with van der Waals surface area (Å²) in [6, 6.07) is 12.7. The molecule has 0 radical (unpaired) electrons. The highest BCUT2D eigenvalue weighted by molar-refractivity contribution is 7.16. The number of aryl methyl sites for hydroxylation is 1. The van der Waals surface area contributed by atoms with Crippen LogP contribution in [0.15, 0.2) is 35.3 Å². The predicted octanol–water partition coefficient (Wildman–Crippen LogP) is 6.94. The van der Waals surface area contributed by atoms with Gasteiger partial charge in [-0.05, 0) is 80.3 Å². The Morgan fingerprint density at radius 1 is 1.22 bits per heavy atom. The van der Waals surface area contributed by atoms with E-state index in [0.29, 0.717) is 5.92 Å². The monoisotopic (exact) mass is 445 g/mol. The lowest BCUT2D eigenvalue weighted by Gasteiger charge is -2.33. The van der Waals surface area contributed by atoms with Crippen molar-refractivity contribution in [1.82, 2.24) is 4.57 Å². The zero-order chi connectivity index (χ0) is 23.0. The lowest BCUT2D eigenvalue weighted by Crippen LogP contribution is -2.26. The van der Waals surface area contributed by atoms with E-state index in [4.69, 9.17) is 9.73 Å². The van der Waals surface area contributed by atoms with Crippen LogP contribution in [0.4, 0.5) is 5.00 Å². The Hall–Kier alpha value is -2.84. The van der Waals surface area contributed by atoms with Gasteiger partial charge in [0.05, 0.1) is 12.7 Å². The third-order valence-electron chi connectivity index (χ3n) is 6.71. The largest absolute Gasteiger partial charge is 0.497 e. The van der Waals surface area contributed by atoms with Gasteiger partial charge in [0.2, 0.25) is 0 Å². The summed E-state index contributed by atoms with van der Waals surface area (Å²) >= 11 is 1.70. The summed E-state index contributed by atoms with van der Waals surface area (Å²) in [6.45, 7) is 11.2. The smallest absolute Gasteiger partial charge is 0.134 e. The predicted molar refractivity (Wildman–Crippen MR) is 133 cm³/mol. The maximum atomic E-state index is 9.85. The van der Waals surface area contributed by atoms with E-state index in [0.717, 1.165) is 58.2 Å². The van der Waals surface area contributed by atoms with Crippen molar-refractivity contribution in [2.75, 3.05) is 7.11 Å². The lowest BCUT2D eigenvalue weighted by molar-refractivity contribution is 0.218. The SMILES string of the molecule is COc1ccc(-n2c(C)cc(C=Nc3sc4c(c3C#N)CC[C@H](C(C)(C)C)C4)c2C)cc1. The van der Waals surface area contributed by atoms with Gasteiger partial charge in [-0.25, -0.2) is 4.99 Å². The van der Waals surface area contributed by atoms with E-state index in [1.54, 1.807) is 18.4 Å². The van der Waals surface area contributed by atoms with E-state index < -0.39 is 0 Å². The number of methoxy groups -OCH3 is 1. The molecule has 0 amide bonds. The van der Waals surface area contributed by atoms with E-state index in [2.05, 4.69) is 63.5 Å². The molecule has 166 valence electrons. The minimum atomic E-state index is 0.289. The summed E-state index contributed by atoms with van der Waals surface area (Å²) in [6.07, 6.45) is 5.10. The summed E-state index contributed by atoms with van der Waals surface area (Å²) in [5, 5.41) is 10.7. The Kier molecular flexibility index (Phi) is 6.01. The van der Waals surface area contributed by atoms with Crippen LogP contribution in [0.5, 0.6) is 5.75 Å². The van der Waals surface area contributed by atoms with Crippen molar-refractivity contribution in [3.8, 4) is 17.5 Å². The van der Waals surface area contributed by atoms with Crippen molar-refractivity contribution in [3.05, 3.63) is 63.3 Å². The summed E-state index contributed by atoms with van der Waals surface area (Å²) in [4.78, 5) is 6.16. The van der Waals surface area contributed by atoms with Crippen LogP contribution < -0.4 is 4.74 Å². The number of rotatable bonds is 4. The molecule has 0 spiro atoms. The van der Waals surface area contributed by atoms with Gasteiger partial charge in [-0.1, -0.05) is 20.8 Å². The number of nitrogens with zero attached hydrogens (tertiary/aromatic N) is 3. The molecule has 0 aliphatic heterocycles. The number of aromatic nitrogens is 1. The second kappa shape index (κ2) is 8.60. The van der Waals surface area contributed by atoms with Crippen LogP contribution in [-0.2, 0) is 12.8 Å². The van der Waals surface area contributed by atoms with Crippen LogP contribution in [0.3, 0.4) is 0 Å². The fourth-order valence-electron chi connectivity index (χ4n) is 4.69. The van der Waals surface area contributed by atoms with Crippen LogP contribution in [0.1, 0.15) is 60.1 Å². The number of benzene rings is 1. The Balaban J connectivity index is 1.65. The molecule has 3 aromatic rings. The Morgan fingerprint density at radius 2 is 1.94 bits per heavy atom. The van der Waals surface area contributed by atoms with Gasteiger partial charge in [0.15, 0.2) is 0 Å². The first-order chi connectivity index (χ1) is 15.2. The van der Waals surface area contributed by atoms with E-state index in [1.165, 1.54) is 10.4 Å². The highest BCUT2D eigenvalue weighted by Crippen LogP contribution is 2.44. The molecule has 0 saturated carbocycles. The van der Waals surface area contributed by atoms with E-state index in [9.17, 15) is 5.26 Å². The van der Waals surface area contributed by atoms with Crippen molar-refractivity contribution in [3.63, 3.8) is 0 Å². The molecule has 0 fully saturated rings. The Bertz CT molecular complexity index is 1200. The molecular weight excluding hydrogens is 414 g/mol. The molecule has 1 aliphatic carbocycles. The van der Waals surface area contributed by atoms with Crippen LogP contribution in [0.25, 0.3) is 5.69 Å². The number of hydrogen-bond acceptors (Lipinski definition) is 4. The van der Waals surface area contributed by atoms with Crippen LogP contribution in [-0.4, -0.2) is 17.9 Å². The Morgan fingerprint density at radius 3 is 2.56 bits per heavy atom. The molecule has 2 heterocycles. The van der Waals surface area contributed by atoms with Crippen molar-refractivity contribution in [2.45, 2.75) is 53.9 Å². The first-order valence-corrected chi connectivity index (χ1v) is 12.0. The standard InChI is InChI=1S/C27H31N3OS/c1-17-13-19(18(2)30(17)21-8-10-22(31-6)11-9-21)16-29-26-24(15-28)23-12-7-20(27(3,4)5)14-25(23)32-26/h8-11,13,16,20H,7,12,14H2,1-6H3/t20-/m0/s1. The number of ether oxygens (including phenoxy) is 1. The second-order valence-corrected chi connectivity index (χ2v) is 10.8. The van der Waals surface area contributed by atoms with E-state index in [-0.39, 0.29) is 5.41 Å². The summed E-state index contributed by atoms with van der Waals surface area (Å²) < 4.78 is 7.51. The average Bonchev–Trinajstić information content (AvgIpc) is 3.26. The van der Waals surface area contributed by atoms with Crippen molar-refractivity contribution < 1.29 is 4.74 Å². The summed E-state index contributed by atoms with van der Waals surface area (Å²) in [5.74, 6) is 1.50. The first-order valence-electron chi connectivity index (χ1n) is 11.1. The molecule has 1 atom stereocenters. The molecule has 0 bridgehead atoms. The van der Waals surface area contributed by atoms with E-state index >= 15 is 0 Å². The van der Waals surface area contributed by atoms with Gasteiger partial charge in [0, 0.05) is 33.7 Å². The topological polar surface area (TPSA) is 50.3 Å². The van der Waals surface area contributed by atoms with Gasteiger partial charge in [-0.2, -0.15) is 5.26 Å². The minimum absolute atomic E-state index is 0.289. The molecule has 5 heteroatoms. The highest BCUT2D eigenvalue weighted by Gasteiger charge is 2.32.